The van der Waals surface area contributed by atoms with Crippen molar-refractivity contribution in [3.63, 3.8) is 0 Å². The van der Waals surface area contributed by atoms with Gasteiger partial charge in [-0.2, -0.15) is 0 Å². The van der Waals surface area contributed by atoms with Crippen molar-refractivity contribution >= 4 is 71.2 Å². The second kappa shape index (κ2) is 13.2. The molecule has 0 aliphatic rings. The fourth-order valence-electron chi connectivity index (χ4n) is 8.83. The molecule has 1 heterocycles. The van der Waals surface area contributed by atoms with Gasteiger partial charge in [0, 0.05) is 38.6 Å². The Morgan fingerprint density at radius 2 is 0.929 bits per heavy atom. The van der Waals surface area contributed by atoms with Crippen LogP contribution >= 0.6 is 0 Å². The molecular weight excluding hydrogens is 677 g/mol. The molecule has 0 N–H and O–H groups in total. The Morgan fingerprint density at radius 1 is 0.339 bits per heavy atom. The Balaban J connectivity index is 1.18. The third kappa shape index (κ3) is 5.19. The van der Waals surface area contributed by atoms with E-state index in [9.17, 15) is 0 Å². The van der Waals surface area contributed by atoms with E-state index < -0.39 is 0 Å². The second-order valence-corrected chi connectivity index (χ2v) is 14.5. The summed E-state index contributed by atoms with van der Waals surface area (Å²) in [6, 6.07) is 79.5. The maximum atomic E-state index is 2.45. The van der Waals surface area contributed by atoms with Crippen LogP contribution in [0.5, 0.6) is 0 Å². The zero-order valence-electron chi connectivity index (χ0n) is 30.7. The Labute approximate surface area is 325 Å². The predicted molar refractivity (Wildman–Crippen MR) is 239 cm³/mol. The van der Waals surface area contributed by atoms with Crippen LogP contribution in [-0.2, 0) is 0 Å². The molecule has 262 valence electrons. The van der Waals surface area contributed by atoms with E-state index in [1.54, 1.807) is 0 Å². The Bertz CT molecular complexity index is 3250. The van der Waals surface area contributed by atoms with E-state index in [1.165, 1.54) is 76.4 Å². The van der Waals surface area contributed by atoms with Gasteiger partial charge < -0.3 is 9.47 Å². The minimum atomic E-state index is 1.10. The molecule has 11 aromatic rings. The number of nitrogens with zero attached hydrogens (tertiary/aromatic N) is 2. The monoisotopic (exact) mass is 712 g/mol. The van der Waals surface area contributed by atoms with Crippen molar-refractivity contribution in [3.05, 3.63) is 218 Å². The molecule has 0 fully saturated rings. The van der Waals surface area contributed by atoms with Gasteiger partial charge in [-0.25, -0.2) is 0 Å². The molecule has 0 unspecified atom stereocenters. The highest BCUT2D eigenvalue weighted by atomic mass is 15.1. The van der Waals surface area contributed by atoms with Crippen molar-refractivity contribution in [2.24, 2.45) is 0 Å². The van der Waals surface area contributed by atoms with E-state index in [4.69, 9.17) is 0 Å². The van der Waals surface area contributed by atoms with Crippen LogP contribution in [-0.4, -0.2) is 4.57 Å². The quantitative estimate of drug-likeness (QED) is 0.156. The number of benzene rings is 10. The van der Waals surface area contributed by atoms with Crippen molar-refractivity contribution in [2.45, 2.75) is 0 Å². The molecular formula is C54H36N2. The molecule has 0 aliphatic heterocycles. The first-order valence-corrected chi connectivity index (χ1v) is 19.3. The molecule has 56 heavy (non-hydrogen) atoms. The summed E-state index contributed by atoms with van der Waals surface area (Å²) in [4.78, 5) is 2.45. The number of para-hydroxylation sites is 1. The van der Waals surface area contributed by atoms with E-state index in [2.05, 4.69) is 228 Å². The molecule has 0 bridgehead atoms. The first-order valence-electron chi connectivity index (χ1n) is 19.3. The number of fused-ring (bicyclic) bond motifs is 8. The lowest BCUT2D eigenvalue weighted by molar-refractivity contribution is 1.19. The van der Waals surface area contributed by atoms with Crippen LogP contribution in [0.3, 0.4) is 0 Å². The number of aromatic nitrogens is 1. The number of anilines is 3. The SMILES string of the molecule is c1ccc(-c2cccc(N(c3cccc(-c4cccc5c4c4ccc6ccccc6c4n5-c4ccccc4)c3)c3cc4ccccc4c4ccccc34)c2)cc1. The third-order valence-electron chi connectivity index (χ3n) is 11.3. The van der Waals surface area contributed by atoms with Crippen LogP contribution in [0, 0.1) is 0 Å². The maximum Gasteiger partial charge on any atom is 0.0619 e. The lowest BCUT2D eigenvalue weighted by Crippen LogP contribution is -2.11. The average molecular weight is 713 g/mol. The summed E-state index contributed by atoms with van der Waals surface area (Å²) in [7, 11) is 0. The van der Waals surface area contributed by atoms with Gasteiger partial charge in [0.15, 0.2) is 0 Å². The van der Waals surface area contributed by atoms with Crippen LogP contribution in [0.25, 0.3) is 82.1 Å². The van der Waals surface area contributed by atoms with Crippen LogP contribution < -0.4 is 4.90 Å². The molecule has 0 amide bonds. The van der Waals surface area contributed by atoms with E-state index in [1.807, 2.05) is 0 Å². The highest BCUT2D eigenvalue weighted by Crippen LogP contribution is 2.46. The molecule has 2 heteroatoms. The minimum absolute atomic E-state index is 1.10. The third-order valence-corrected chi connectivity index (χ3v) is 11.3. The van der Waals surface area contributed by atoms with Gasteiger partial charge >= 0.3 is 0 Å². The van der Waals surface area contributed by atoms with Crippen LogP contribution in [0.2, 0.25) is 0 Å². The number of rotatable bonds is 6. The Kier molecular flexibility index (Phi) is 7.53. The van der Waals surface area contributed by atoms with Crippen molar-refractivity contribution in [2.75, 3.05) is 4.90 Å². The van der Waals surface area contributed by atoms with Gasteiger partial charge in [-0.15, -0.1) is 0 Å². The molecule has 0 saturated heterocycles. The minimum Gasteiger partial charge on any atom is -0.310 e. The van der Waals surface area contributed by atoms with Crippen molar-refractivity contribution < 1.29 is 0 Å². The van der Waals surface area contributed by atoms with E-state index in [0.29, 0.717) is 0 Å². The zero-order chi connectivity index (χ0) is 37.0. The highest BCUT2D eigenvalue weighted by Gasteiger charge is 2.21. The zero-order valence-corrected chi connectivity index (χ0v) is 30.7. The Hall–Kier alpha value is -7.42. The molecule has 0 radical (unpaired) electrons. The molecule has 10 aromatic carbocycles. The largest absolute Gasteiger partial charge is 0.310 e. The summed E-state index contributed by atoms with van der Waals surface area (Å²) in [5, 5.41) is 9.91. The first kappa shape index (κ1) is 32.0. The second-order valence-electron chi connectivity index (χ2n) is 14.5. The molecule has 11 rings (SSSR count). The van der Waals surface area contributed by atoms with E-state index in [0.717, 1.165) is 22.7 Å². The highest BCUT2D eigenvalue weighted by molar-refractivity contribution is 6.22. The van der Waals surface area contributed by atoms with Gasteiger partial charge in [0.05, 0.1) is 16.7 Å². The molecule has 0 spiro atoms. The van der Waals surface area contributed by atoms with Crippen LogP contribution in [0.15, 0.2) is 218 Å². The van der Waals surface area contributed by atoms with Gasteiger partial charge in [0.1, 0.15) is 0 Å². The number of hydrogen-bond donors (Lipinski definition) is 0. The van der Waals surface area contributed by atoms with E-state index in [-0.39, 0.29) is 0 Å². The number of hydrogen-bond acceptors (Lipinski definition) is 1. The summed E-state index contributed by atoms with van der Waals surface area (Å²) < 4.78 is 2.45. The molecule has 1 aromatic heterocycles. The Morgan fingerprint density at radius 3 is 1.71 bits per heavy atom. The van der Waals surface area contributed by atoms with E-state index >= 15 is 0 Å². The normalized spacial score (nSPS) is 11.6. The average Bonchev–Trinajstić information content (AvgIpc) is 3.63. The van der Waals surface area contributed by atoms with Crippen LogP contribution in [0.4, 0.5) is 17.1 Å². The smallest absolute Gasteiger partial charge is 0.0619 e. The summed E-state index contributed by atoms with van der Waals surface area (Å²) in [5.74, 6) is 0. The fourth-order valence-corrected chi connectivity index (χ4v) is 8.83. The molecule has 0 saturated carbocycles. The lowest BCUT2D eigenvalue weighted by atomic mass is 9.96. The maximum absolute atomic E-state index is 2.45. The first-order chi connectivity index (χ1) is 27.8. The predicted octanol–water partition coefficient (Wildman–Crippen LogP) is 15.0. The summed E-state index contributed by atoms with van der Waals surface area (Å²) in [6.45, 7) is 0. The summed E-state index contributed by atoms with van der Waals surface area (Å²) in [6.07, 6.45) is 0. The standard InChI is InChI=1S/C54H36N2/c1-3-16-37(17-4-1)39-20-13-24-43(34-39)55(52-36-41-19-8-9-26-45(41)48-28-11-12-29-49(48)52)44-25-14-21-40(35-44)46-30-15-31-51-53(46)50-33-32-38-18-7-10-27-47(38)54(50)56(51)42-22-5-2-6-23-42/h1-36H. The summed E-state index contributed by atoms with van der Waals surface area (Å²) >= 11 is 0. The molecule has 2 nitrogen and oxygen atoms in total. The van der Waals surface area contributed by atoms with Gasteiger partial charge in [-0.3, -0.25) is 0 Å². The lowest BCUT2D eigenvalue weighted by Gasteiger charge is -2.28. The molecule has 0 atom stereocenters. The van der Waals surface area contributed by atoms with Gasteiger partial charge in [0.2, 0.25) is 0 Å². The van der Waals surface area contributed by atoms with Gasteiger partial charge in [-0.05, 0) is 92.3 Å². The van der Waals surface area contributed by atoms with Crippen LogP contribution in [0.1, 0.15) is 0 Å². The van der Waals surface area contributed by atoms with Crippen molar-refractivity contribution in [1.29, 1.82) is 0 Å². The van der Waals surface area contributed by atoms with Gasteiger partial charge in [0.25, 0.3) is 0 Å². The van der Waals surface area contributed by atoms with Gasteiger partial charge in [-0.1, -0.05) is 170 Å². The van der Waals surface area contributed by atoms with Crippen molar-refractivity contribution in [3.8, 4) is 27.9 Å². The molecule has 0 aliphatic carbocycles. The van der Waals surface area contributed by atoms with Crippen molar-refractivity contribution in [1.82, 2.24) is 4.57 Å². The summed E-state index contributed by atoms with van der Waals surface area (Å²) in [5.41, 5.74) is 11.7. The topological polar surface area (TPSA) is 8.17 Å². The fraction of sp³-hybridized carbons (Fsp3) is 0.